The molecule has 5 aliphatic rings. The SMILES string of the molecule is CCCCC[C@H]1[C@@H](CCCC)C[C@@H](CC2CC[NH2+]C(N)C2)C[C@@H]2C#C[C@@H](C3CCCCC3)C3CC(O)C(OC)CC3CCC(=O)CC(=O)[C@@H]12. The molecule has 4 fully saturated rings. The van der Waals surface area contributed by atoms with Crippen molar-refractivity contribution >= 4 is 11.6 Å². The van der Waals surface area contributed by atoms with Gasteiger partial charge >= 0.3 is 0 Å². The van der Waals surface area contributed by atoms with Crippen molar-refractivity contribution in [2.45, 2.75) is 173 Å². The molecule has 5 rings (SSSR count). The van der Waals surface area contributed by atoms with E-state index in [0.29, 0.717) is 48.3 Å². The standard InChI is InChI=1S/C43H72N2O4/c1-4-6-9-15-37-32(12-7-5-2)23-30(22-29-20-21-45-42(44)25-29)24-34-17-19-36(31-13-10-8-11-14-31)38-28-39(47)41(49-3)26-33(38)16-18-35(46)27-40(48)43(34)37/h29-34,36-39,41-43,45,47H,4-16,18,20-28,44H2,1-3H3/p+1/t29?,30-,32+,33?,34+,36+,37+,38?,39?,41?,42?,43-/m1/s1. The fourth-order valence-corrected chi connectivity index (χ4v) is 11.6. The third-order valence-corrected chi connectivity index (χ3v) is 14.1. The molecule has 6 nitrogen and oxygen atoms in total. The van der Waals surface area contributed by atoms with E-state index >= 15 is 0 Å². The molecule has 1 aliphatic heterocycles. The normalized spacial score (nSPS) is 39.8. The van der Waals surface area contributed by atoms with Gasteiger partial charge in [-0.1, -0.05) is 83.5 Å². The van der Waals surface area contributed by atoms with Crippen LogP contribution >= 0.6 is 0 Å². The Morgan fingerprint density at radius 2 is 1.65 bits per heavy atom. The Morgan fingerprint density at radius 3 is 2.39 bits per heavy atom. The Labute approximate surface area is 299 Å². The predicted molar refractivity (Wildman–Crippen MR) is 197 cm³/mol. The van der Waals surface area contributed by atoms with Crippen LogP contribution in [0.1, 0.15) is 155 Å². The summed E-state index contributed by atoms with van der Waals surface area (Å²) in [5.74, 6) is 11.6. The minimum atomic E-state index is -0.485. The van der Waals surface area contributed by atoms with E-state index in [4.69, 9.17) is 10.5 Å². The highest BCUT2D eigenvalue weighted by Gasteiger charge is 2.46. The van der Waals surface area contributed by atoms with Crippen LogP contribution in [0.15, 0.2) is 0 Å². The number of hydrogen-bond acceptors (Lipinski definition) is 5. The van der Waals surface area contributed by atoms with Crippen molar-refractivity contribution in [1.29, 1.82) is 0 Å². The Morgan fingerprint density at radius 1 is 0.857 bits per heavy atom. The number of carbonyl (C=O) groups is 2. The van der Waals surface area contributed by atoms with E-state index in [1.165, 1.54) is 83.5 Å². The third-order valence-electron chi connectivity index (χ3n) is 14.1. The summed E-state index contributed by atoms with van der Waals surface area (Å²) in [5, 5.41) is 13.6. The maximum absolute atomic E-state index is 14.7. The zero-order valence-electron chi connectivity index (χ0n) is 31.6. The number of carbonyl (C=O) groups excluding carboxylic acids is 2. The molecule has 0 bridgehead atoms. The van der Waals surface area contributed by atoms with Crippen LogP contribution in [0.25, 0.3) is 0 Å². The highest BCUT2D eigenvalue weighted by atomic mass is 16.5. The molecule has 1 saturated heterocycles. The molecule has 4 aliphatic carbocycles. The molecule has 0 aromatic heterocycles. The molecule has 0 aromatic rings. The minimum Gasteiger partial charge on any atom is -0.390 e. The van der Waals surface area contributed by atoms with E-state index in [1.807, 2.05) is 0 Å². The first-order valence-electron chi connectivity index (χ1n) is 21.2. The van der Waals surface area contributed by atoms with Crippen molar-refractivity contribution < 1.29 is 24.7 Å². The number of quaternary nitrogens is 1. The van der Waals surface area contributed by atoms with Crippen molar-refractivity contribution in [3.05, 3.63) is 0 Å². The summed E-state index contributed by atoms with van der Waals surface area (Å²) in [6, 6.07) is 0. The molecule has 0 aromatic carbocycles. The summed E-state index contributed by atoms with van der Waals surface area (Å²) in [6.07, 6.45) is 22.5. The molecular weight excluding hydrogens is 608 g/mol. The summed E-state index contributed by atoms with van der Waals surface area (Å²) in [5.41, 5.74) is 6.47. The zero-order chi connectivity index (χ0) is 34.8. The van der Waals surface area contributed by atoms with Gasteiger partial charge in [-0.15, -0.1) is 0 Å². The largest absolute Gasteiger partial charge is 0.390 e. The number of nitrogens with two attached hydrogens (primary N) is 2. The summed E-state index contributed by atoms with van der Waals surface area (Å²) in [4.78, 5) is 28.4. The Kier molecular flexibility index (Phi) is 15.5. The van der Waals surface area contributed by atoms with Gasteiger partial charge in [-0.05, 0) is 106 Å². The summed E-state index contributed by atoms with van der Waals surface area (Å²) >= 11 is 0. The lowest BCUT2D eigenvalue weighted by molar-refractivity contribution is -0.699. The summed E-state index contributed by atoms with van der Waals surface area (Å²) in [6.45, 7) is 5.68. The number of aliphatic hydroxyl groups excluding tert-OH is 1. The Bertz CT molecular complexity index is 1090. The van der Waals surface area contributed by atoms with Gasteiger partial charge in [0, 0.05) is 37.7 Å². The number of Topliss-reactive ketones (excluding diaryl/α,β-unsaturated/α-hetero) is 2. The third kappa shape index (κ3) is 10.6. The fourth-order valence-electron chi connectivity index (χ4n) is 11.6. The second-order valence-electron chi connectivity index (χ2n) is 17.5. The molecule has 0 spiro atoms. The minimum absolute atomic E-state index is 0.0107. The first-order chi connectivity index (χ1) is 23.8. The maximum atomic E-state index is 14.7. The van der Waals surface area contributed by atoms with E-state index in [9.17, 15) is 14.7 Å². The van der Waals surface area contributed by atoms with E-state index < -0.39 is 6.10 Å². The predicted octanol–water partition coefficient (Wildman–Crippen LogP) is 7.20. The van der Waals surface area contributed by atoms with Crippen molar-refractivity contribution in [2.75, 3.05) is 13.7 Å². The van der Waals surface area contributed by atoms with Gasteiger partial charge < -0.3 is 15.2 Å². The molecule has 1 heterocycles. The molecule has 0 amide bonds. The van der Waals surface area contributed by atoms with Crippen molar-refractivity contribution in [3.8, 4) is 11.8 Å². The topological polar surface area (TPSA) is 106 Å². The van der Waals surface area contributed by atoms with Gasteiger partial charge in [0.2, 0.25) is 0 Å². The first-order valence-corrected chi connectivity index (χ1v) is 21.2. The average molecular weight is 682 g/mol. The van der Waals surface area contributed by atoms with E-state index in [0.717, 1.165) is 45.1 Å². The van der Waals surface area contributed by atoms with Crippen molar-refractivity contribution in [3.63, 3.8) is 0 Å². The fraction of sp³-hybridized carbons (Fsp3) is 0.907. The molecule has 49 heavy (non-hydrogen) atoms. The number of methoxy groups -OCH3 is 1. The molecule has 5 N–H and O–H groups in total. The van der Waals surface area contributed by atoms with Crippen LogP contribution in [-0.2, 0) is 14.3 Å². The molecule has 278 valence electrons. The lowest BCUT2D eigenvalue weighted by atomic mass is 9.63. The number of hydrogen-bond donors (Lipinski definition) is 3. The van der Waals surface area contributed by atoms with Crippen LogP contribution in [0, 0.1) is 71.0 Å². The zero-order valence-corrected chi connectivity index (χ0v) is 31.6. The molecule has 6 unspecified atom stereocenters. The van der Waals surface area contributed by atoms with Crippen LogP contribution in [0.2, 0.25) is 0 Å². The van der Waals surface area contributed by atoms with E-state index in [-0.39, 0.29) is 53.9 Å². The van der Waals surface area contributed by atoms with Gasteiger partial charge in [0.25, 0.3) is 0 Å². The van der Waals surface area contributed by atoms with Gasteiger partial charge in [-0.3, -0.25) is 15.3 Å². The second-order valence-corrected chi connectivity index (χ2v) is 17.5. The van der Waals surface area contributed by atoms with Crippen LogP contribution in [-0.4, -0.2) is 48.7 Å². The number of fused-ring (bicyclic) bond motifs is 2. The Balaban J connectivity index is 1.56. The lowest BCUT2D eigenvalue weighted by Gasteiger charge is -2.44. The lowest BCUT2D eigenvalue weighted by Crippen LogP contribution is -2.94. The molecule has 0 radical (unpaired) electrons. The number of piperidine rings is 1. The molecule has 3 saturated carbocycles. The second kappa shape index (κ2) is 19.5. The van der Waals surface area contributed by atoms with E-state index in [1.54, 1.807) is 7.11 Å². The van der Waals surface area contributed by atoms with Crippen LogP contribution in [0.4, 0.5) is 0 Å². The highest BCUT2D eigenvalue weighted by molar-refractivity contribution is 6.00. The summed E-state index contributed by atoms with van der Waals surface area (Å²) < 4.78 is 5.77. The van der Waals surface area contributed by atoms with Gasteiger partial charge in [-0.2, -0.15) is 0 Å². The first kappa shape index (κ1) is 39.0. The van der Waals surface area contributed by atoms with Gasteiger partial charge in [-0.25, -0.2) is 0 Å². The van der Waals surface area contributed by atoms with Gasteiger partial charge in [0.05, 0.1) is 25.2 Å². The summed E-state index contributed by atoms with van der Waals surface area (Å²) in [7, 11) is 1.71. The Hall–Kier alpha value is -1.26. The monoisotopic (exact) mass is 682 g/mol. The van der Waals surface area contributed by atoms with Crippen LogP contribution in [0.3, 0.4) is 0 Å². The van der Waals surface area contributed by atoms with E-state index in [2.05, 4.69) is 31.0 Å². The number of ketones is 2. The van der Waals surface area contributed by atoms with Crippen molar-refractivity contribution in [1.82, 2.24) is 0 Å². The molecule has 6 heteroatoms. The molecular formula is C43H73N2O4+. The quantitative estimate of drug-likeness (QED) is 0.122. The average Bonchev–Trinajstić information content (AvgIpc) is 3.23. The maximum Gasteiger partial charge on any atom is 0.144 e. The van der Waals surface area contributed by atoms with Crippen molar-refractivity contribution in [2.24, 2.45) is 64.9 Å². The van der Waals surface area contributed by atoms with Crippen LogP contribution < -0.4 is 11.1 Å². The number of rotatable bonds is 11. The highest BCUT2D eigenvalue weighted by Crippen LogP contribution is 2.49. The number of unbranched alkanes of at least 4 members (excludes halogenated alkanes) is 3. The number of aliphatic hydroxyl groups is 1. The number of ether oxygens (including phenoxy) is 1. The van der Waals surface area contributed by atoms with Crippen LogP contribution in [0.5, 0.6) is 0 Å². The van der Waals surface area contributed by atoms with Gasteiger partial charge in [0.15, 0.2) is 0 Å². The molecule has 12 atom stereocenters. The van der Waals surface area contributed by atoms with Gasteiger partial charge in [0.1, 0.15) is 17.7 Å². The smallest absolute Gasteiger partial charge is 0.144 e.